The minimum atomic E-state index is -0.404. The summed E-state index contributed by atoms with van der Waals surface area (Å²) in [5, 5.41) is 11.4. The Morgan fingerprint density at radius 3 is 2.57 bits per heavy atom. The third-order valence-corrected chi connectivity index (χ3v) is 5.80. The molecule has 8 heteroatoms. The fraction of sp³-hybridized carbons (Fsp3) is 0.182. The van der Waals surface area contributed by atoms with Crippen molar-refractivity contribution in [3.05, 3.63) is 75.0 Å². The lowest BCUT2D eigenvalue weighted by Gasteiger charge is -2.07. The molecule has 4 rings (SSSR count). The number of thiazole rings is 1. The second-order valence-corrected chi connectivity index (χ2v) is 7.72. The molecule has 0 radical (unpaired) electrons. The Kier molecular flexibility index (Phi) is 5.33. The summed E-state index contributed by atoms with van der Waals surface area (Å²) in [6, 6.07) is 15.2. The van der Waals surface area contributed by atoms with E-state index in [1.54, 1.807) is 6.92 Å². The van der Waals surface area contributed by atoms with Gasteiger partial charge >= 0.3 is 5.97 Å². The largest absolute Gasteiger partial charge is 0.462 e. The zero-order valence-corrected chi connectivity index (χ0v) is 17.6. The molecule has 1 aliphatic rings. The molecule has 152 valence electrons. The fourth-order valence-corrected chi connectivity index (χ4v) is 4.18. The van der Waals surface area contributed by atoms with E-state index in [0.29, 0.717) is 26.6 Å². The number of nitrogens with zero attached hydrogens (tertiary/aromatic N) is 3. The van der Waals surface area contributed by atoms with E-state index >= 15 is 0 Å². The van der Waals surface area contributed by atoms with Gasteiger partial charge in [0, 0.05) is 16.9 Å². The van der Waals surface area contributed by atoms with Gasteiger partial charge in [0.05, 0.1) is 12.3 Å². The molecule has 1 aromatic heterocycles. The molecule has 1 amide bonds. The zero-order valence-electron chi connectivity index (χ0n) is 16.8. The highest BCUT2D eigenvalue weighted by Gasteiger charge is 2.25. The van der Waals surface area contributed by atoms with Crippen LogP contribution >= 0.6 is 11.3 Å². The van der Waals surface area contributed by atoms with Gasteiger partial charge in [-0.15, -0.1) is 10.2 Å². The summed E-state index contributed by atoms with van der Waals surface area (Å²) in [6.07, 6.45) is 0. The normalized spacial score (nSPS) is 14.7. The van der Waals surface area contributed by atoms with Crippen molar-refractivity contribution in [2.24, 2.45) is 10.2 Å². The molecule has 0 atom stereocenters. The number of anilines is 1. The maximum absolute atomic E-state index is 12.4. The number of benzene rings is 2. The molecule has 0 unspecified atom stereocenters. The van der Waals surface area contributed by atoms with Crippen LogP contribution in [0.25, 0.3) is 5.69 Å². The summed E-state index contributed by atoms with van der Waals surface area (Å²) in [7, 11) is 0. The Labute approximate surface area is 177 Å². The second-order valence-electron chi connectivity index (χ2n) is 6.74. The average Bonchev–Trinajstić information content (AvgIpc) is 3.23. The molecule has 0 fully saturated rings. The molecule has 30 heavy (non-hydrogen) atoms. The van der Waals surface area contributed by atoms with Crippen molar-refractivity contribution in [3.8, 4) is 5.69 Å². The number of nitrogens with one attached hydrogen (secondary N) is 1. The summed E-state index contributed by atoms with van der Waals surface area (Å²) in [6.45, 7) is 5.90. The van der Waals surface area contributed by atoms with Gasteiger partial charge < -0.3 is 10.1 Å². The Hall–Kier alpha value is -3.52. The minimum Gasteiger partial charge on any atom is -0.462 e. The molecule has 7 nitrogen and oxygen atoms in total. The summed E-state index contributed by atoms with van der Waals surface area (Å²) in [5.74, 6) is -0.709. The number of para-hydroxylation sites is 1. The predicted octanol–water partition coefficient (Wildman–Crippen LogP) is 3.59. The van der Waals surface area contributed by atoms with Crippen molar-refractivity contribution in [3.63, 3.8) is 0 Å². The summed E-state index contributed by atoms with van der Waals surface area (Å²) in [5.41, 5.74) is 4.32. The third-order valence-electron chi connectivity index (χ3n) is 4.68. The first-order valence-electron chi connectivity index (χ1n) is 9.48. The van der Waals surface area contributed by atoms with Crippen LogP contribution in [0.2, 0.25) is 0 Å². The Balaban J connectivity index is 1.88. The molecule has 2 heterocycles. The maximum Gasteiger partial charge on any atom is 0.350 e. The lowest BCUT2D eigenvalue weighted by Crippen LogP contribution is -2.16. The number of carbonyl (C=O) groups excluding carboxylic acids is 2. The van der Waals surface area contributed by atoms with E-state index in [4.69, 9.17) is 4.74 Å². The lowest BCUT2D eigenvalue weighted by atomic mass is 10.1. The summed E-state index contributed by atoms with van der Waals surface area (Å²) in [4.78, 5) is 25.7. The standard InChI is InChI=1S/C22H20N4O3S/c1-4-29-21(28)19-14(3)26(15-11-9-13(2)10-12-15)22(30-19)25-24-18-16-7-5-6-8-17(16)23-20(18)27/h5-12H,4H2,1-3H3,(H,23,24,27)/b25-22+. The fourth-order valence-electron chi connectivity index (χ4n) is 3.20. The van der Waals surface area contributed by atoms with E-state index in [9.17, 15) is 9.59 Å². The van der Waals surface area contributed by atoms with E-state index in [2.05, 4.69) is 15.5 Å². The van der Waals surface area contributed by atoms with Crippen molar-refractivity contribution in [2.45, 2.75) is 20.8 Å². The van der Waals surface area contributed by atoms with Gasteiger partial charge in [0.2, 0.25) is 4.80 Å². The lowest BCUT2D eigenvalue weighted by molar-refractivity contribution is -0.110. The van der Waals surface area contributed by atoms with Crippen LogP contribution in [0.5, 0.6) is 0 Å². The van der Waals surface area contributed by atoms with Crippen molar-refractivity contribution in [2.75, 3.05) is 11.9 Å². The minimum absolute atomic E-state index is 0.241. The van der Waals surface area contributed by atoms with Gasteiger partial charge in [-0.2, -0.15) is 0 Å². The molecular weight excluding hydrogens is 400 g/mol. The first-order chi connectivity index (χ1) is 14.5. The first-order valence-corrected chi connectivity index (χ1v) is 10.3. The number of amides is 1. The van der Waals surface area contributed by atoms with Crippen molar-refractivity contribution in [1.82, 2.24) is 4.57 Å². The molecule has 2 aromatic carbocycles. The number of ether oxygens (including phenoxy) is 1. The smallest absolute Gasteiger partial charge is 0.350 e. The Morgan fingerprint density at radius 1 is 1.10 bits per heavy atom. The van der Waals surface area contributed by atoms with E-state index in [-0.39, 0.29) is 18.2 Å². The van der Waals surface area contributed by atoms with E-state index in [1.807, 2.05) is 66.9 Å². The van der Waals surface area contributed by atoms with Crippen molar-refractivity contribution >= 4 is 34.6 Å². The molecule has 3 aromatic rings. The number of hydrogen-bond donors (Lipinski definition) is 1. The van der Waals surface area contributed by atoms with Gasteiger partial charge in [-0.25, -0.2) is 4.79 Å². The van der Waals surface area contributed by atoms with E-state index < -0.39 is 5.97 Å². The number of rotatable bonds is 4. The molecule has 0 bridgehead atoms. The van der Waals surface area contributed by atoms with E-state index in [1.165, 1.54) is 11.3 Å². The topological polar surface area (TPSA) is 85.1 Å². The molecule has 1 N–H and O–H groups in total. The Bertz CT molecular complexity index is 1240. The number of esters is 1. The van der Waals surface area contributed by atoms with Crippen LogP contribution in [0.3, 0.4) is 0 Å². The molecule has 0 saturated carbocycles. The highest BCUT2D eigenvalue weighted by Crippen LogP contribution is 2.23. The molecule has 0 saturated heterocycles. The van der Waals surface area contributed by atoms with Crippen LogP contribution in [-0.2, 0) is 9.53 Å². The van der Waals surface area contributed by atoms with Crippen LogP contribution in [0.1, 0.15) is 33.4 Å². The van der Waals surface area contributed by atoms with Gasteiger partial charge in [0.15, 0.2) is 5.71 Å². The van der Waals surface area contributed by atoms with Crippen LogP contribution in [0.15, 0.2) is 58.7 Å². The zero-order chi connectivity index (χ0) is 21.3. The van der Waals surface area contributed by atoms with E-state index in [0.717, 1.165) is 11.3 Å². The van der Waals surface area contributed by atoms with Crippen LogP contribution in [0.4, 0.5) is 5.69 Å². The van der Waals surface area contributed by atoms with Crippen LogP contribution in [0, 0.1) is 13.8 Å². The van der Waals surface area contributed by atoms with Crippen LogP contribution < -0.4 is 10.1 Å². The monoisotopic (exact) mass is 420 g/mol. The summed E-state index contributed by atoms with van der Waals surface area (Å²) >= 11 is 1.18. The SMILES string of the molecule is CCOC(=O)c1s/c(=N/N=C2\C(=O)Nc3ccccc32)n(-c2ccc(C)cc2)c1C. The molecule has 0 aliphatic carbocycles. The maximum atomic E-state index is 12.4. The third kappa shape index (κ3) is 3.57. The van der Waals surface area contributed by atoms with Crippen molar-refractivity contribution < 1.29 is 14.3 Å². The highest BCUT2D eigenvalue weighted by molar-refractivity contribution is 7.11. The molecular formula is C22H20N4O3S. The number of carbonyl (C=O) groups is 2. The van der Waals surface area contributed by atoms with Gasteiger partial charge in [0.1, 0.15) is 4.88 Å². The van der Waals surface area contributed by atoms with Gasteiger partial charge in [-0.3, -0.25) is 9.36 Å². The van der Waals surface area contributed by atoms with Crippen molar-refractivity contribution in [1.29, 1.82) is 0 Å². The number of hydrogen-bond acceptors (Lipinski definition) is 6. The van der Waals surface area contributed by atoms with Crippen LogP contribution in [-0.4, -0.2) is 28.8 Å². The number of aryl methyl sites for hydroxylation is 1. The molecule has 1 aliphatic heterocycles. The predicted molar refractivity (Wildman–Crippen MR) is 116 cm³/mol. The highest BCUT2D eigenvalue weighted by atomic mass is 32.1. The molecule has 0 spiro atoms. The number of fused-ring (bicyclic) bond motifs is 1. The van der Waals surface area contributed by atoms with Gasteiger partial charge in [-0.1, -0.05) is 47.2 Å². The van der Waals surface area contributed by atoms with Gasteiger partial charge in [0.25, 0.3) is 5.91 Å². The quantitative estimate of drug-likeness (QED) is 0.517. The van der Waals surface area contributed by atoms with Gasteiger partial charge in [-0.05, 0) is 39.0 Å². The average molecular weight is 420 g/mol. The Morgan fingerprint density at radius 2 is 1.83 bits per heavy atom. The number of aromatic nitrogens is 1. The second kappa shape index (κ2) is 8.08. The summed E-state index contributed by atoms with van der Waals surface area (Å²) < 4.78 is 7.04. The first kappa shape index (κ1) is 19.8.